The molecule has 1 N–H and O–H groups in total. The van der Waals surface area contributed by atoms with E-state index in [0.29, 0.717) is 12.1 Å². The van der Waals surface area contributed by atoms with Gasteiger partial charge in [-0.25, -0.2) is 0 Å². The van der Waals surface area contributed by atoms with E-state index in [0.717, 1.165) is 45.2 Å². The van der Waals surface area contributed by atoms with Crippen LogP contribution in [0.2, 0.25) is 0 Å². The van der Waals surface area contributed by atoms with Gasteiger partial charge in [0.25, 0.3) is 0 Å². The maximum absolute atomic E-state index is 6.18. The van der Waals surface area contributed by atoms with Gasteiger partial charge in [0.1, 0.15) is 0 Å². The third-order valence-corrected chi connectivity index (χ3v) is 5.70. The highest BCUT2D eigenvalue weighted by molar-refractivity contribution is 4.92. The fourth-order valence-electron chi connectivity index (χ4n) is 4.35. The predicted molar refractivity (Wildman–Crippen MR) is 82.5 cm³/mol. The first kappa shape index (κ1) is 15.7. The standard InChI is InChI=1S/C17H31NO3/c1-18-16(5-4-15-3-2-9-20-15)14-6-10-21-17(13-14)7-11-19-12-8-17/h14-16,18H,2-13H2,1H3. The van der Waals surface area contributed by atoms with Gasteiger partial charge in [-0.2, -0.15) is 0 Å². The van der Waals surface area contributed by atoms with Crippen LogP contribution >= 0.6 is 0 Å². The first-order chi connectivity index (χ1) is 10.3. The third-order valence-electron chi connectivity index (χ3n) is 5.70. The summed E-state index contributed by atoms with van der Waals surface area (Å²) >= 11 is 0. The largest absolute Gasteiger partial charge is 0.381 e. The molecule has 21 heavy (non-hydrogen) atoms. The van der Waals surface area contributed by atoms with E-state index < -0.39 is 0 Å². The molecule has 3 heterocycles. The van der Waals surface area contributed by atoms with Gasteiger partial charge in [-0.05, 0) is 64.3 Å². The highest BCUT2D eigenvalue weighted by Gasteiger charge is 2.41. The van der Waals surface area contributed by atoms with Crippen molar-refractivity contribution in [3.63, 3.8) is 0 Å². The van der Waals surface area contributed by atoms with E-state index in [9.17, 15) is 0 Å². The van der Waals surface area contributed by atoms with Crippen LogP contribution in [0.1, 0.15) is 51.4 Å². The number of hydrogen-bond acceptors (Lipinski definition) is 4. The Bertz CT molecular complexity index is 306. The van der Waals surface area contributed by atoms with E-state index in [1.54, 1.807) is 0 Å². The van der Waals surface area contributed by atoms with Crippen molar-refractivity contribution < 1.29 is 14.2 Å². The van der Waals surface area contributed by atoms with Gasteiger partial charge in [0.15, 0.2) is 0 Å². The van der Waals surface area contributed by atoms with Crippen LogP contribution in [0.4, 0.5) is 0 Å². The van der Waals surface area contributed by atoms with Crippen LogP contribution in [0.15, 0.2) is 0 Å². The molecule has 122 valence electrons. The Morgan fingerprint density at radius 2 is 2.00 bits per heavy atom. The average Bonchev–Trinajstić information content (AvgIpc) is 3.02. The fraction of sp³-hybridized carbons (Fsp3) is 1.00. The van der Waals surface area contributed by atoms with Crippen molar-refractivity contribution in [2.24, 2.45) is 5.92 Å². The molecule has 0 saturated carbocycles. The SMILES string of the molecule is CNC(CCC1CCCO1)C1CCOC2(CCOCC2)C1. The predicted octanol–water partition coefficient (Wildman–Crippen LogP) is 2.51. The molecule has 0 aromatic carbocycles. The first-order valence-corrected chi connectivity index (χ1v) is 8.82. The Morgan fingerprint density at radius 3 is 2.71 bits per heavy atom. The van der Waals surface area contributed by atoms with Gasteiger partial charge in [-0.3, -0.25) is 0 Å². The normalized spacial score (nSPS) is 34.1. The quantitative estimate of drug-likeness (QED) is 0.846. The lowest BCUT2D eigenvalue weighted by atomic mass is 9.76. The van der Waals surface area contributed by atoms with Crippen LogP contribution < -0.4 is 5.32 Å². The van der Waals surface area contributed by atoms with Gasteiger partial charge in [0, 0.05) is 32.5 Å². The summed E-state index contributed by atoms with van der Waals surface area (Å²) < 4.78 is 17.5. The van der Waals surface area contributed by atoms with Crippen molar-refractivity contribution >= 4 is 0 Å². The second-order valence-electron chi connectivity index (χ2n) is 7.00. The monoisotopic (exact) mass is 297 g/mol. The summed E-state index contributed by atoms with van der Waals surface area (Å²) in [6.45, 7) is 3.62. The number of ether oxygens (including phenoxy) is 3. The van der Waals surface area contributed by atoms with E-state index in [1.165, 1.54) is 38.5 Å². The molecule has 0 amide bonds. The molecular formula is C17H31NO3. The average molecular weight is 297 g/mol. The Labute approximate surface area is 128 Å². The van der Waals surface area contributed by atoms with Crippen LogP contribution in [-0.4, -0.2) is 51.2 Å². The molecule has 3 aliphatic rings. The zero-order chi connectivity index (χ0) is 14.5. The van der Waals surface area contributed by atoms with Gasteiger partial charge in [0.2, 0.25) is 0 Å². The van der Waals surface area contributed by atoms with E-state index in [4.69, 9.17) is 14.2 Å². The van der Waals surface area contributed by atoms with Gasteiger partial charge in [0.05, 0.1) is 11.7 Å². The zero-order valence-corrected chi connectivity index (χ0v) is 13.4. The topological polar surface area (TPSA) is 39.7 Å². The molecule has 4 heteroatoms. The fourth-order valence-corrected chi connectivity index (χ4v) is 4.35. The van der Waals surface area contributed by atoms with Crippen LogP contribution in [0.25, 0.3) is 0 Å². The second-order valence-corrected chi connectivity index (χ2v) is 7.00. The summed E-state index contributed by atoms with van der Waals surface area (Å²) in [6.07, 6.45) is 10.0. The molecule has 3 unspecified atom stereocenters. The summed E-state index contributed by atoms with van der Waals surface area (Å²) in [7, 11) is 2.12. The summed E-state index contributed by atoms with van der Waals surface area (Å²) in [5.74, 6) is 0.739. The van der Waals surface area contributed by atoms with Crippen molar-refractivity contribution in [3.05, 3.63) is 0 Å². The van der Waals surface area contributed by atoms with Crippen molar-refractivity contribution in [3.8, 4) is 0 Å². The van der Waals surface area contributed by atoms with Gasteiger partial charge in [-0.1, -0.05) is 0 Å². The number of rotatable bonds is 5. The number of nitrogens with one attached hydrogen (secondary N) is 1. The minimum absolute atomic E-state index is 0.111. The number of hydrogen-bond donors (Lipinski definition) is 1. The summed E-state index contributed by atoms with van der Waals surface area (Å²) in [4.78, 5) is 0. The highest BCUT2D eigenvalue weighted by Crippen LogP contribution is 2.39. The molecular weight excluding hydrogens is 266 g/mol. The van der Waals surface area contributed by atoms with Crippen molar-refractivity contribution in [2.75, 3.05) is 33.5 Å². The van der Waals surface area contributed by atoms with Gasteiger partial charge >= 0.3 is 0 Å². The van der Waals surface area contributed by atoms with E-state index in [1.807, 2.05) is 0 Å². The molecule has 3 saturated heterocycles. The lowest BCUT2D eigenvalue weighted by molar-refractivity contribution is -0.150. The molecule has 3 atom stereocenters. The van der Waals surface area contributed by atoms with Crippen LogP contribution in [0.3, 0.4) is 0 Å². The first-order valence-electron chi connectivity index (χ1n) is 8.82. The molecule has 0 bridgehead atoms. The molecule has 0 radical (unpaired) electrons. The van der Waals surface area contributed by atoms with Crippen LogP contribution in [-0.2, 0) is 14.2 Å². The third kappa shape index (κ3) is 3.98. The van der Waals surface area contributed by atoms with Crippen molar-refractivity contribution in [2.45, 2.75) is 69.1 Å². The second kappa shape index (κ2) is 7.40. The van der Waals surface area contributed by atoms with Crippen LogP contribution in [0, 0.1) is 5.92 Å². The summed E-state index contributed by atoms with van der Waals surface area (Å²) in [6, 6.07) is 0.609. The summed E-state index contributed by atoms with van der Waals surface area (Å²) in [5, 5.41) is 3.58. The molecule has 1 spiro atoms. The zero-order valence-electron chi connectivity index (χ0n) is 13.4. The van der Waals surface area contributed by atoms with Crippen molar-refractivity contribution in [1.82, 2.24) is 5.32 Å². The Hall–Kier alpha value is -0.160. The van der Waals surface area contributed by atoms with Crippen molar-refractivity contribution in [1.29, 1.82) is 0 Å². The molecule has 4 nitrogen and oxygen atoms in total. The van der Waals surface area contributed by atoms with E-state index in [2.05, 4.69) is 12.4 Å². The highest BCUT2D eigenvalue weighted by atomic mass is 16.5. The molecule has 3 rings (SSSR count). The van der Waals surface area contributed by atoms with Gasteiger partial charge < -0.3 is 19.5 Å². The maximum Gasteiger partial charge on any atom is 0.0729 e. The minimum atomic E-state index is 0.111. The van der Waals surface area contributed by atoms with E-state index in [-0.39, 0.29) is 5.60 Å². The molecule has 0 aromatic rings. The molecule has 3 fully saturated rings. The minimum Gasteiger partial charge on any atom is -0.381 e. The van der Waals surface area contributed by atoms with Gasteiger partial charge in [-0.15, -0.1) is 0 Å². The Kier molecular flexibility index (Phi) is 5.54. The lowest BCUT2D eigenvalue weighted by Crippen LogP contribution is -2.49. The smallest absolute Gasteiger partial charge is 0.0729 e. The Balaban J connectivity index is 1.52. The molecule has 0 aliphatic carbocycles. The van der Waals surface area contributed by atoms with E-state index >= 15 is 0 Å². The lowest BCUT2D eigenvalue weighted by Gasteiger charge is -2.45. The molecule has 3 aliphatic heterocycles. The maximum atomic E-state index is 6.18. The molecule has 0 aromatic heterocycles. The summed E-state index contributed by atoms with van der Waals surface area (Å²) in [5.41, 5.74) is 0.111. The Morgan fingerprint density at radius 1 is 1.14 bits per heavy atom. The van der Waals surface area contributed by atoms with Crippen LogP contribution in [0.5, 0.6) is 0 Å².